The fourth-order valence-electron chi connectivity index (χ4n) is 3.48. The van der Waals surface area contributed by atoms with Gasteiger partial charge in [-0.15, -0.1) is 0 Å². The molecule has 0 spiro atoms. The first-order valence-corrected chi connectivity index (χ1v) is 8.64. The van der Waals surface area contributed by atoms with Gasteiger partial charge in [-0.25, -0.2) is 9.97 Å². The van der Waals surface area contributed by atoms with E-state index >= 15 is 0 Å². The molecule has 3 aromatic heterocycles. The van der Waals surface area contributed by atoms with E-state index in [4.69, 9.17) is 4.74 Å². The Labute approximate surface area is 141 Å². The number of fused-ring (bicyclic) bond motifs is 1. The monoisotopic (exact) mass is 325 g/mol. The number of pyridine rings is 1. The molecular formula is C18H23N5O. The van der Waals surface area contributed by atoms with E-state index in [0.29, 0.717) is 0 Å². The highest BCUT2D eigenvalue weighted by atomic mass is 16.5. The zero-order chi connectivity index (χ0) is 16.4. The topological polar surface area (TPSA) is 56.4 Å². The summed E-state index contributed by atoms with van der Waals surface area (Å²) in [5.74, 6) is 1.02. The Kier molecular flexibility index (Phi) is 4.32. The zero-order valence-electron chi connectivity index (χ0n) is 13.9. The average Bonchev–Trinajstić information content (AvgIpc) is 3.29. The van der Waals surface area contributed by atoms with E-state index in [1.807, 2.05) is 30.9 Å². The Balaban J connectivity index is 1.52. The van der Waals surface area contributed by atoms with Crippen molar-refractivity contribution in [3.05, 3.63) is 54.5 Å². The molecule has 6 heteroatoms. The molecule has 4 heterocycles. The molecule has 126 valence electrons. The number of nitrogens with zero attached hydrogens (tertiary/aromatic N) is 4. The number of hydrogen-bond donors (Lipinski definition) is 1. The quantitative estimate of drug-likeness (QED) is 0.783. The van der Waals surface area contributed by atoms with Crippen molar-refractivity contribution in [1.29, 1.82) is 0 Å². The van der Waals surface area contributed by atoms with Crippen LogP contribution in [0.3, 0.4) is 0 Å². The maximum Gasteiger partial charge on any atom is 0.139 e. The normalized spacial score (nSPS) is 21.4. The maximum absolute atomic E-state index is 6.07. The van der Waals surface area contributed by atoms with Gasteiger partial charge in [0.25, 0.3) is 0 Å². The molecule has 0 unspecified atom stereocenters. The third kappa shape index (κ3) is 2.83. The van der Waals surface area contributed by atoms with E-state index in [1.54, 1.807) is 0 Å². The Morgan fingerprint density at radius 3 is 3.08 bits per heavy atom. The number of aromatic nitrogens is 4. The van der Waals surface area contributed by atoms with Crippen LogP contribution in [0.2, 0.25) is 0 Å². The minimum atomic E-state index is 0.00990. The second-order valence-corrected chi connectivity index (χ2v) is 6.17. The van der Waals surface area contributed by atoms with Gasteiger partial charge in [0, 0.05) is 56.2 Å². The fourth-order valence-corrected chi connectivity index (χ4v) is 3.48. The lowest BCUT2D eigenvalue weighted by Crippen LogP contribution is -2.40. The van der Waals surface area contributed by atoms with Crippen LogP contribution in [0.5, 0.6) is 0 Å². The van der Waals surface area contributed by atoms with Gasteiger partial charge < -0.3 is 19.0 Å². The smallest absolute Gasteiger partial charge is 0.139 e. The van der Waals surface area contributed by atoms with E-state index in [9.17, 15) is 0 Å². The van der Waals surface area contributed by atoms with Crippen LogP contribution in [-0.2, 0) is 17.8 Å². The second kappa shape index (κ2) is 6.75. The third-order valence-corrected chi connectivity index (χ3v) is 4.72. The molecule has 2 atom stereocenters. The Morgan fingerprint density at radius 1 is 1.25 bits per heavy atom. The van der Waals surface area contributed by atoms with Gasteiger partial charge in [0.1, 0.15) is 17.6 Å². The highest BCUT2D eigenvalue weighted by molar-refractivity contribution is 5.39. The Bertz CT molecular complexity index is 808. The van der Waals surface area contributed by atoms with Crippen LogP contribution in [0.15, 0.2) is 43.0 Å². The van der Waals surface area contributed by atoms with Crippen LogP contribution >= 0.6 is 0 Å². The van der Waals surface area contributed by atoms with Crippen LogP contribution in [-0.4, -0.2) is 31.6 Å². The number of hydrogen-bond acceptors (Lipinski definition) is 4. The van der Waals surface area contributed by atoms with Gasteiger partial charge in [0.15, 0.2) is 0 Å². The molecule has 1 N–H and O–H groups in total. The van der Waals surface area contributed by atoms with Crippen molar-refractivity contribution >= 4 is 5.65 Å². The van der Waals surface area contributed by atoms with E-state index in [2.05, 4.69) is 43.3 Å². The second-order valence-electron chi connectivity index (χ2n) is 6.17. The lowest BCUT2D eigenvalue weighted by Gasteiger charge is -2.32. The SMILES string of the molecule is CCn1ccnc1[C@H]1OCCC[C@@H]1NCc1cccc2nccn12. The summed E-state index contributed by atoms with van der Waals surface area (Å²) in [7, 11) is 0. The summed E-state index contributed by atoms with van der Waals surface area (Å²) in [5.41, 5.74) is 2.18. The fraction of sp³-hybridized carbons (Fsp3) is 0.444. The first-order chi connectivity index (χ1) is 11.9. The van der Waals surface area contributed by atoms with E-state index in [0.717, 1.165) is 44.0 Å². The number of ether oxygens (including phenoxy) is 1. The molecule has 6 nitrogen and oxygen atoms in total. The molecule has 0 bridgehead atoms. The summed E-state index contributed by atoms with van der Waals surface area (Å²) in [4.78, 5) is 8.89. The molecule has 0 aromatic carbocycles. The molecule has 3 aromatic rings. The summed E-state index contributed by atoms with van der Waals surface area (Å²) in [6, 6.07) is 6.48. The van der Waals surface area contributed by atoms with Crippen molar-refractivity contribution in [2.45, 2.75) is 45.0 Å². The molecule has 0 radical (unpaired) electrons. The van der Waals surface area contributed by atoms with Gasteiger partial charge in [-0.1, -0.05) is 6.07 Å². The predicted octanol–water partition coefficient (Wildman–Crippen LogP) is 2.56. The number of aryl methyl sites for hydroxylation is 1. The standard InChI is InChI=1S/C18H23N5O/c1-2-22-10-8-20-18(22)17-15(6-4-12-24-17)21-13-14-5-3-7-16-19-9-11-23(14)16/h3,5,7-11,15,17,21H,2,4,6,12-13H2,1H3/t15-,17-/m0/s1. The summed E-state index contributed by atoms with van der Waals surface area (Å²) in [6.45, 7) is 4.63. The maximum atomic E-state index is 6.07. The molecular weight excluding hydrogens is 302 g/mol. The van der Waals surface area contributed by atoms with Gasteiger partial charge in [-0.05, 0) is 31.9 Å². The van der Waals surface area contributed by atoms with Gasteiger partial charge in [-0.3, -0.25) is 0 Å². The Morgan fingerprint density at radius 2 is 2.17 bits per heavy atom. The van der Waals surface area contributed by atoms with Crippen LogP contribution in [0, 0.1) is 0 Å². The zero-order valence-corrected chi connectivity index (χ0v) is 13.9. The van der Waals surface area contributed by atoms with Crippen molar-refractivity contribution in [1.82, 2.24) is 24.3 Å². The van der Waals surface area contributed by atoms with Crippen LogP contribution < -0.4 is 5.32 Å². The van der Waals surface area contributed by atoms with Gasteiger partial charge >= 0.3 is 0 Å². The van der Waals surface area contributed by atoms with Crippen molar-refractivity contribution in [2.24, 2.45) is 0 Å². The third-order valence-electron chi connectivity index (χ3n) is 4.72. The predicted molar refractivity (Wildman–Crippen MR) is 91.6 cm³/mol. The number of imidazole rings is 2. The lowest BCUT2D eigenvalue weighted by atomic mass is 10.0. The highest BCUT2D eigenvalue weighted by Crippen LogP contribution is 2.27. The minimum absolute atomic E-state index is 0.00990. The molecule has 24 heavy (non-hydrogen) atoms. The van der Waals surface area contributed by atoms with Crippen molar-refractivity contribution in [3.8, 4) is 0 Å². The average molecular weight is 325 g/mol. The molecule has 1 aliphatic heterocycles. The van der Waals surface area contributed by atoms with Gasteiger partial charge in [0.2, 0.25) is 0 Å². The summed E-state index contributed by atoms with van der Waals surface area (Å²) in [5, 5.41) is 3.68. The van der Waals surface area contributed by atoms with E-state index in [-0.39, 0.29) is 12.1 Å². The van der Waals surface area contributed by atoms with E-state index < -0.39 is 0 Å². The highest BCUT2D eigenvalue weighted by Gasteiger charge is 2.30. The number of rotatable bonds is 5. The molecule has 1 fully saturated rings. The lowest BCUT2D eigenvalue weighted by molar-refractivity contribution is -0.0183. The van der Waals surface area contributed by atoms with Gasteiger partial charge in [-0.2, -0.15) is 0 Å². The first kappa shape index (κ1) is 15.4. The summed E-state index contributed by atoms with van der Waals surface area (Å²) < 4.78 is 10.4. The van der Waals surface area contributed by atoms with Crippen molar-refractivity contribution in [2.75, 3.05) is 6.61 Å². The van der Waals surface area contributed by atoms with Crippen LogP contribution in [0.1, 0.15) is 37.4 Å². The molecule has 1 aliphatic rings. The van der Waals surface area contributed by atoms with Crippen molar-refractivity contribution < 1.29 is 4.74 Å². The molecule has 0 saturated carbocycles. The van der Waals surface area contributed by atoms with Crippen LogP contribution in [0.4, 0.5) is 0 Å². The van der Waals surface area contributed by atoms with E-state index in [1.165, 1.54) is 5.69 Å². The molecule has 4 rings (SSSR count). The largest absolute Gasteiger partial charge is 0.369 e. The van der Waals surface area contributed by atoms with Crippen LogP contribution in [0.25, 0.3) is 5.65 Å². The minimum Gasteiger partial charge on any atom is -0.369 e. The number of nitrogens with one attached hydrogen (secondary N) is 1. The first-order valence-electron chi connectivity index (χ1n) is 8.64. The molecule has 0 amide bonds. The molecule has 0 aliphatic carbocycles. The van der Waals surface area contributed by atoms with Crippen molar-refractivity contribution in [3.63, 3.8) is 0 Å². The summed E-state index contributed by atoms with van der Waals surface area (Å²) in [6.07, 6.45) is 9.92. The van der Waals surface area contributed by atoms with Gasteiger partial charge in [0.05, 0.1) is 0 Å². The summed E-state index contributed by atoms with van der Waals surface area (Å²) >= 11 is 0. The Hall–Kier alpha value is -2.18. The molecule has 1 saturated heterocycles.